The van der Waals surface area contributed by atoms with Gasteiger partial charge in [0.05, 0.1) is 17.0 Å². The molecule has 0 aliphatic rings. The van der Waals surface area contributed by atoms with E-state index in [-0.39, 0.29) is 11.5 Å². The first-order valence-corrected chi connectivity index (χ1v) is 8.02. The molecule has 20 heavy (non-hydrogen) atoms. The van der Waals surface area contributed by atoms with Crippen LogP contribution in [0.4, 0.5) is 0 Å². The molecule has 0 amide bonds. The standard InChI is InChI=1S/C14H23NO4S/c1-14(2,11-19-3)15-20(17,18)13-8-6-12(7-9-13)5-4-10-16/h6-9,15-16H,4-5,10-11H2,1-3H3. The highest BCUT2D eigenvalue weighted by atomic mass is 32.2. The van der Waals surface area contributed by atoms with Gasteiger partial charge in [-0.05, 0) is 44.4 Å². The maximum Gasteiger partial charge on any atom is 0.241 e. The number of sulfonamides is 1. The monoisotopic (exact) mass is 301 g/mol. The second kappa shape index (κ2) is 7.17. The molecule has 1 aromatic rings. The summed E-state index contributed by atoms with van der Waals surface area (Å²) in [6.07, 6.45) is 1.41. The van der Waals surface area contributed by atoms with Crippen LogP contribution >= 0.6 is 0 Å². The molecule has 0 aromatic heterocycles. The van der Waals surface area contributed by atoms with Gasteiger partial charge in [0.1, 0.15) is 0 Å². The van der Waals surface area contributed by atoms with Crippen molar-refractivity contribution in [2.75, 3.05) is 20.3 Å². The van der Waals surface area contributed by atoms with Gasteiger partial charge in [-0.3, -0.25) is 0 Å². The number of benzene rings is 1. The average Bonchev–Trinajstić information content (AvgIpc) is 2.35. The van der Waals surface area contributed by atoms with Crippen molar-refractivity contribution >= 4 is 10.0 Å². The molecule has 1 rings (SSSR count). The third-order valence-electron chi connectivity index (χ3n) is 2.77. The molecule has 6 heteroatoms. The zero-order valence-corrected chi connectivity index (χ0v) is 13.0. The van der Waals surface area contributed by atoms with Crippen molar-refractivity contribution in [3.63, 3.8) is 0 Å². The van der Waals surface area contributed by atoms with E-state index in [1.807, 2.05) is 0 Å². The third kappa shape index (κ3) is 5.20. The predicted octanol–water partition coefficient (Wildman–Crippen LogP) is 1.31. The second-order valence-corrected chi connectivity index (χ2v) is 7.08. The summed E-state index contributed by atoms with van der Waals surface area (Å²) >= 11 is 0. The summed E-state index contributed by atoms with van der Waals surface area (Å²) in [6, 6.07) is 6.71. The number of hydrogen-bond acceptors (Lipinski definition) is 4. The number of aliphatic hydroxyl groups is 1. The Balaban J connectivity index is 2.82. The highest BCUT2D eigenvalue weighted by Gasteiger charge is 2.26. The van der Waals surface area contributed by atoms with E-state index in [1.165, 1.54) is 7.11 Å². The van der Waals surface area contributed by atoms with E-state index in [0.29, 0.717) is 13.0 Å². The first kappa shape index (κ1) is 17.1. The number of nitrogens with one attached hydrogen (secondary N) is 1. The minimum Gasteiger partial charge on any atom is -0.396 e. The van der Waals surface area contributed by atoms with Gasteiger partial charge in [-0.25, -0.2) is 13.1 Å². The Kier molecular flexibility index (Phi) is 6.13. The fraction of sp³-hybridized carbons (Fsp3) is 0.571. The van der Waals surface area contributed by atoms with Gasteiger partial charge in [0.15, 0.2) is 0 Å². The van der Waals surface area contributed by atoms with Crippen LogP contribution in [-0.2, 0) is 21.2 Å². The smallest absolute Gasteiger partial charge is 0.241 e. The fourth-order valence-corrected chi connectivity index (χ4v) is 3.33. The largest absolute Gasteiger partial charge is 0.396 e. The number of aryl methyl sites for hydroxylation is 1. The Morgan fingerprint density at radius 3 is 2.35 bits per heavy atom. The minimum atomic E-state index is -3.56. The van der Waals surface area contributed by atoms with Crippen LogP contribution in [0.2, 0.25) is 0 Å². The van der Waals surface area contributed by atoms with Gasteiger partial charge >= 0.3 is 0 Å². The van der Waals surface area contributed by atoms with E-state index in [4.69, 9.17) is 9.84 Å². The molecule has 0 heterocycles. The lowest BCUT2D eigenvalue weighted by atomic mass is 10.1. The van der Waals surface area contributed by atoms with Crippen LogP contribution in [0, 0.1) is 0 Å². The molecule has 0 fully saturated rings. The molecule has 2 N–H and O–H groups in total. The number of hydrogen-bond donors (Lipinski definition) is 2. The van der Waals surface area contributed by atoms with Crippen LogP contribution < -0.4 is 4.72 Å². The van der Waals surface area contributed by atoms with Crippen molar-refractivity contribution in [1.29, 1.82) is 0 Å². The summed E-state index contributed by atoms with van der Waals surface area (Å²) in [5.41, 5.74) is 0.345. The average molecular weight is 301 g/mol. The summed E-state index contributed by atoms with van der Waals surface area (Å²) in [6.45, 7) is 3.96. The quantitative estimate of drug-likeness (QED) is 0.759. The molecule has 0 aliphatic carbocycles. The fourth-order valence-electron chi connectivity index (χ4n) is 1.93. The normalized spacial score (nSPS) is 12.6. The van der Waals surface area contributed by atoms with Gasteiger partial charge in [0, 0.05) is 13.7 Å². The molecule has 0 aliphatic heterocycles. The van der Waals surface area contributed by atoms with Gasteiger partial charge in [0.2, 0.25) is 10.0 Å². The summed E-state index contributed by atoms with van der Waals surface area (Å²) in [4.78, 5) is 0.231. The Morgan fingerprint density at radius 2 is 1.85 bits per heavy atom. The van der Waals surface area contributed by atoms with Crippen molar-refractivity contribution in [3.05, 3.63) is 29.8 Å². The maximum absolute atomic E-state index is 12.2. The van der Waals surface area contributed by atoms with Crippen LogP contribution in [-0.4, -0.2) is 39.4 Å². The van der Waals surface area contributed by atoms with Crippen molar-refractivity contribution in [3.8, 4) is 0 Å². The second-order valence-electron chi connectivity index (χ2n) is 5.39. The molecule has 0 unspecified atom stereocenters. The van der Waals surface area contributed by atoms with Crippen LogP contribution in [0.15, 0.2) is 29.2 Å². The van der Waals surface area contributed by atoms with Gasteiger partial charge in [-0.1, -0.05) is 12.1 Å². The highest BCUT2D eigenvalue weighted by molar-refractivity contribution is 7.89. The van der Waals surface area contributed by atoms with E-state index >= 15 is 0 Å². The predicted molar refractivity (Wildman–Crippen MR) is 78.1 cm³/mol. The van der Waals surface area contributed by atoms with Crippen LogP contribution in [0.25, 0.3) is 0 Å². The molecule has 5 nitrogen and oxygen atoms in total. The van der Waals surface area contributed by atoms with Crippen LogP contribution in [0.1, 0.15) is 25.8 Å². The Hall–Kier alpha value is -0.950. The van der Waals surface area contributed by atoms with E-state index in [1.54, 1.807) is 38.1 Å². The van der Waals surface area contributed by atoms with Crippen molar-refractivity contribution in [1.82, 2.24) is 4.72 Å². The summed E-state index contributed by atoms with van der Waals surface area (Å²) in [5, 5.41) is 8.77. The molecule has 0 atom stereocenters. The molecule has 0 radical (unpaired) electrons. The Bertz CT molecular complexity index is 508. The number of aliphatic hydroxyl groups excluding tert-OH is 1. The van der Waals surface area contributed by atoms with Crippen molar-refractivity contribution < 1.29 is 18.3 Å². The number of methoxy groups -OCH3 is 1. The molecular formula is C14H23NO4S. The topological polar surface area (TPSA) is 75.6 Å². The summed E-state index contributed by atoms with van der Waals surface area (Å²) < 4.78 is 32.1. The molecule has 0 saturated heterocycles. The van der Waals surface area contributed by atoms with Crippen molar-refractivity contribution in [2.45, 2.75) is 37.1 Å². The summed E-state index contributed by atoms with van der Waals surface area (Å²) in [5.74, 6) is 0. The van der Waals surface area contributed by atoms with E-state index in [0.717, 1.165) is 12.0 Å². The van der Waals surface area contributed by atoms with Crippen LogP contribution in [0.3, 0.4) is 0 Å². The third-order valence-corrected chi connectivity index (χ3v) is 4.49. The number of rotatable bonds is 8. The SMILES string of the molecule is COCC(C)(C)NS(=O)(=O)c1ccc(CCCO)cc1. The van der Waals surface area contributed by atoms with Gasteiger partial charge in [0.25, 0.3) is 0 Å². The van der Waals surface area contributed by atoms with Crippen LogP contribution in [0.5, 0.6) is 0 Å². The Morgan fingerprint density at radius 1 is 1.25 bits per heavy atom. The zero-order valence-electron chi connectivity index (χ0n) is 12.2. The summed E-state index contributed by atoms with van der Waals surface area (Å²) in [7, 11) is -2.02. The lowest BCUT2D eigenvalue weighted by Crippen LogP contribution is -2.46. The molecular weight excluding hydrogens is 278 g/mol. The van der Waals surface area contributed by atoms with E-state index in [9.17, 15) is 8.42 Å². The van der Waals surface area contributed by atoms with Gasteiger partial charge in [-0.2, -0.15) is 0 Å². The first-order chi connectivity index (χ1) is 9.30. The Labute approximate surface area is 121 Å². The lowest BCUT2D eigenvalue weighted by Gasteiger charge is -2.24. The minimum absolute atomic E-state index is 0.132. The molecule has 0 spiro atoms. The highest BCUT2D eigenvalue weighted by Crippen LogP contribution is 2.15. The maximum atomic E-state index is 12.2. The van der Waals surface area contributed by atoms with Crippen molar-refractivity contribution in [2.24, 2.45) is 0 Å². The molecule has 0 bridgehead atoms. The van der Waals surface area contributed by atoms with Gasteiger partial charge in [-0.15, -0.1) is 0 Å². The first-order valence-electron chi connectivity index (χ1n) is 6.53. The molecule has 114 valence electrons. The zero-order chi connectivity index (χ0) is 15.2. The van der Waals surface area contributed by atoms with E-state index in [2.05, 4.69) is 4.72 Å². The molecule has 1 aromatic carbocycles. The lowest BCUT2D eigenvalue weighted by molar-refractivity contribution is 0.141. The van der Waals surface area contributed by atoms with E-state index < -0.39 is 15.6 Å². The van der Waals surface area contributed by atoms with Gasteiger partial charge < -0.3 is 9.84 Å². The number of ether oxygens (including phenoxy) is 1. The molecule has 0 saturated carbocycles.